The molecule has 1 N–H and O–H groups in total. The van der Waals surface area contributed by atoms with Crippen LogP contribution in [0, 0.1) is 0 Å². The minimum atomic E-state index is 0.0794. The summed E-state index contributed by atoms with van der Waals surface area (Å²) < 4.78 is 4.89. The topological polar surface area (TPSA) is 29.5 Å². The summed E-state index contributed by atoms with van der Waals surface area (Å²) in [6, 6.07) is 0. The van der Waals surface area contributed by atoms with Gasteiger partial charge in [-0.1, -0.05) is 11.2 Å². The molecule has 0 aromatic carbocycles. The van der Waals surface area contributed by atoms with E-state index in [1.165, 1.54) is 0 Å². The summed E-state index contributed by atoms with van der Waals surface area (Å²) in [6.45, 7) is 1.01. The fourth-order valence-corrected chi connectivity index (χ4v) is 0.954. The van der Waals surface area contributed by atoms with E-state index in [0.717, 1.165) is 25.9 Å². The molecule has 0 saturated carbocycles. The van der Waals surface area contributed by atoms with E-state index in [4.69, 9.17) is 20.9 Å². The SMILES string of the molecule is OCCCCCOPCl. The Balaban J connectivity index is 2.60. The summed E-state index contributed by atoms with van der Waals surface area (Å²) in [7, 11) is 0.0794. The average Bonchev–Trinajstić information content (AvgIpc) is 1.89. The molecule has 56 valence electrons. The molecular formula is C5H12ClO2P. The first-order chi connectivity index (χ1) is 4.41. The number of rotatable bonds is 6. The molecule has 9 heavy (non-hydrogen) atoms. The van der Waals surface area contributed by atoms with Gasteiger partial charge >= 0.3 is 0 Å². The van der Waals surface area contributed by atoms with Gasteiger partial charge in [0.2, 0.25) is 0 Å². The van der Waals surface area contributed by atoms with Crippen LogP contribution in [0.15, 0.2) is 0 Å². The molecular weight excluding hydrogens is 158 g/mol. The highest BCUT2D eigenvalue weighted by Gasteiger charge is 1.86. The third-order valence-electron chi connectivity index (χ3n) is 0.959. The second-order valence-electron chi connectivity index (χ2n) is 1.71. The van der Waals surface area contributed by atoms with Crippen molar-refractivity contribution in [2.75, 3.05) is 13.2 Å². The van der Waals surface area contributed by atoms with E-state index in [2.05, 4.69) is 0 Å². The largest absolute Gasteiger partial charge is 0.396 e. The molecule has 0 saturated heterocycles. The van der Waals surface area contributed by atoms with Crippen LogP contribution in [0.1, 0.15) is 19.3 Å². The normalized spacial score (nSPS) is 11.3. The molecule has 0 aliphatic heterocycles. The van der Waals surface area contributed by atoms with E-state index < -0.39 is 0 Å². The summed E-state index contributed by atoms with van der Waals surface area (Å²) in [6.07, 6.45) is 2.90. The standard InChI is InChI=1S/C5H12ClO2P/c6-9-8-5-3-1-2-4-7/h7,9H,1-5H2. The quantitative estimate of drug-likeness (QED) is 0.488. The molecule has 1 atom stereocenters. The summed E-state index contributed by atoms with van der Waals surface area (Å²) in [5, 5.41) is 8.36. The van der Waals surface area contributed by atoms with Crippen molar-refractivity contribution in [3.05, 3.63) is 0 Å². The van der Waals surface area contributed by atoms with E-state index in [1.807, 2.05) is 0 Å². The van der Waals surface area contributed by atoms with E-state index >= 15 is 0 Å². The highest BCUT2D eigenvalue weighted by Crippen LogP contribution is 2.17. The summed E-state index contributed by atoms with van der Waals surface area (Å²) in [4.78, 5) is 0. The highest BCUT2D eigenvalue weighted by atomic mass is 35.7. The Morgan fingerprint density at radius 3 is 2.67 bits per heavy atom. The Morgan fingerprint density at radius 2 is 2.11 bits per heavy atom. The van der Waals surface area contributed by atoms with Gasteiger partial charge in [-0.05, 0) is 19.3 Å². The fourth-order valence-electron chi connectivity index (χ4n) is 0.501. The van der Waals surface area contributed by atoms with Crippen LogP contribution in [0.5, 0.6) is 0 Å². The molecule has 2 nitrogen and oxygen atoms in total. The first-order valence-electron chi connectivity index (χ1n) is 3.00. The Bertz CT molecular complexity index is 48.2. The van der Waals surface area contributed by atoms with Gasteiger partial charge in [0.1, 0.15) is 8.16 Å². The number of hydrogen-bond acceptors (Lipinski definition) is 2. The van der Waals surface area contributed by atoms with Crippen molar-refractivity contribution >= 4 is 19.4 Å². The molecule has 4 heteroatoms. The predicted molar refractivity (Wildman–Crippen MR) is 41.1 cm³/mol. The molecule has 0 aromatic rings. The van der Waals surface area contributed by atoms with Gasteiger partial charge in [0.15, 0.2) is 0 Å². The molecule has 0 aliphatic rings. The smallest absolute Gasteiger partial charge is 0.110 e. The van der Waals surface area contributed by atoms with Crippen molar-refractivity contribution in [3.8, 4) is 0 Å². The molecule has 0 aliphatic carbocycles. The van der Waals surface area contributed by atoms with E-state index in [-0.39, 0.29) is 14.8 Å². The van der Waals surface area contributed by atoms with Crippen molar-refractivity contribution < 1.29 is 9.63 Å². The molecule has 0 aromatic heterocycles. The number of aliphatic hydroxyl groups excluding tert-OH is 1. The maximum atomic E-state index is 8.36. The van der Waals surface area contributed by atoms with Gasteiger partial charge in [0, 0.05) is 6.61 Å². The maximum Gasteiger partial charge on any atom is 0.110 e. The Morgan fingerprint density at radius 1 is 1.33 bits per heavy atom. The second kappa shape index (κ2) is 8.64. The van der Waals surface area contributed by atoms with Crippen LogP contribution in [-0.2, 0) is 4.52 Å². The maximum absolute atomic E-state index is 8.36. The van der Waals surface area contributed by atoms with Crippen molar-refractivity contribution in [2.45, 2.75) is 19.3 Å². The van der Waals surface area contributed by atoms with Gasteiger partial charge in [-0.3, -0.25) is 0 Å². The molecule has 1 unspecified atom stereocenters. The molecule has 0 radical (unpaired) electrons. The van der Waals surface area contributed by atoms with Crippen LogP contribution in [0.3, 0.4) is 0 Å². The van der Waals surface area contributed by atoms with Crippen LogP contribution in [0.25, 0.3) is 0 Å². The van der Waals surface area contributed by atoms with Crippen LogP contribution < -0.4 is 0 Å². The van der Waals surface area contributed by atoms with Crippen molar-refractivity contribution in [3.63, 3.8) is 0 Å². The molecule has 0 bridgehead atoms. The van der Waals surface area contributed by atoms with Crippen LogP contribution in [-0.4, -0.2) is 18.3 Å². The minimum Gasteiger partial charge on any atom is -0.396 e. The third-order valence-corrected chi connectivity index (χ3v) is 1.60. The lowest BCUT2D eigenvalue weighted by atomic mass is 10.2. The Kier molecular flexibility index (Phi) is 9.25. The molecule has 0 amide bonds. The van der Waals surface area contributed by atoms with Crippen molar-refractivity contribution in [2.24, 2.45) is 0 Å². The average molecular weight is 171 g/mol. The van der Waals surface area contributed by atoms with E-state index in [0.29, 0.717) is 0 Å². The Hall–Kier alpha value is 0.640. The lowest BCUT2D eigenvalue weighted by Crippen LogP contribution is -1.87. The number of hydrogen-bond donors (Lipinski definition) is 1. The molecule has 0 fully saturated rings. The minimum absolute atomic E-state index is 0.0794. The summed E-state index contributed by atoms with van der Waals surface area (Å²) >= 11 is 5.27. The van der Waals surface area contributed by atoms with E-state index in [1.54, 1.807) is 0 Å². The van der Waals surface area contributed by atoms with Crippen molar-refractivity contribution in [1.82, 2.24) is 0 Å². The number of unbranched alkanes of at least 4 members (excludes halogenated alkanes) is 2. The molecule has 0 heterocycles. The van der Waals surface area contributed by atoms with Gasteiger partial charge in [-0.15, -0.1) is 0 Å². The first kappa shape index (κ1) is 9.64. The van der Waals surface area contributed by atoms with E-state index in [9.17, 15) is 0 Å². The highest BCUT2D eigenvalue weighted by molar-refractivity contribution is 7.64. The second-order valence-corrected chi connectivity index (χ2v) is 2.62. The van der Waals surface area contributed by atoms with Crippen LogP contribution >= 0.6 is 19.4 Å². The third kappa shape index (κ3) is 8.64. The lowest BCUT2D eigenvalue weighted by Gasteiger charge is -1.96. The Labute approximate surface area is 62.2 Å². The molecule has 0 spiro atoms. The number of aliphatic hydroxyl groups is 1. The zero-order chi connectivity index (χ0) is 6.95. The predicted octanol–water partition coefficient (Wildman–Crippen LogP) is 1.91. The number of halogens is 1. The van der Waals surface area contributed by atoms with Crippen molar-refractivity contribution in [1.29, 1.82) is 0 Å². The van der Waals surface area contributed by atoms with Gasteiger partial charge in [0.25, 0.3) is 0 Å². The first-order valence-corrected chi connectivity index (χ1v) is 4.92. The lowest BCUT2D eigenvalue weighted by molar-refractivity contribution is 0.274. The summed E-state index contributed by atoms with van der Waals surface area (Å²) in [5.74, 6) is 0. The van der Waals surface area contributed by atoms with Gasteiger partial charge in [0.05, 0.1) is 6.61 Å². The molecule has 0 rings (SSSR count). The van der Waals surface area contributed by atoms with Crippen LogP contribution in [0.2, 0.25) is 0 Å². The monoisotopic (exact) mass is 170 g/mol. The van der Waals surface area contributed by atoms with Gasteiger partial charge in [-0.2, -0.15) is 0 Å². The summed E-state index contributed by atoms with van der Waals surface area (Å²) in [5.41, 5.74) is 0. The van der Waals surface area contributed by atoms with Gasteiger partial charge < -0.3 is 9.63 Å². The van der Waals surface area contributed by atoms with Crippen LogP contribution in [0.4, 0.5) is 0 Å². The van der Waals surface area contributed by atoms with Gasteiger partial charge in [-0.25, -0.2) is 0 Å². The zero-order valence-electron chi connectivity index (χ0n) is 5.27. The fraction of sp³-hybridized carbons (Fsp3) is 1.00. The zero-order valence-corrected chi connectivity index (χ0v) is 7.02.